The van der Waals surface area contributed by atoms with Crippen LogP contribution in [0.15, 0.2) is 6.20 Å². The third-order valence-electron chi connectivity index (χ3n) is 3.10. The molecule has 0 fully saturated rings. The Morgan fingerprint density at radius 1 is 1.53 bits per heavy atom. The zero-order valence-electron chi connectivity index (χ0n) is 11.5. The Labute approximate surface area is 111 Å². The number of imidazole rings is 1. The summed E-state index contributed by atoms with van der Waals surface area (Å²) in [6.07, 6.45) is 2.68. The van der Waals surface area contributed by atoms with Crippen LogP contribution in [0.1, 0.15) is 32.5 Å². The molecule has 0 bridgehead atoms. The Balaban J connectivity index is 2.56. The zero-order valence-corrected chi connectivity index (χ0v) is 11.5. The second-order valence-corrected chi connectivity index (χ2v) is 4.25. The first-order valence-electron chi connectivity index (χ1n) is 6.34. The van der Waals surface area contributed by atoms with Crippen molar-refractivity contribution in [2.75, 3.05) is 6.61 Å². The molecular formula is C12H19N3O4. The van der Waals surface area contributed by atoms with E-state index in [2.05, 4.69) is 4.98 Å². The number of nitrogens with zero attached hydrogens (tertiary/aromatic N) is 3. The van der Waals surface area contributed by atoms with Crippen molar-refractivity contribution in [3.63, 3.8) is 0 Å². The molecule has 0 aliphatic rings. The minimum absolute atomic E-state index is 0.0870. The number of aromatic nitrogens is 2. The van der Waals surface area contributed by atoms with Crippen molar-refractivity contribution in [3.8, 4) is 0 Å². The van der Waals surface area contributed by atoms with E-state index in [-0.39, 0.29) is 30.9 Å². The molecular weight excluding hydrogens is 250 g/mol. The Bertz CT molecular complexity index is 452. The highest BCUT2D eigenvalue weighted by Crippen LogP contribution is 2.14. The first-order chi connectivity index (χ1) is 9.01. The van der Waals surface area contributed by atoms with Gasteiger partial charge in [0.1, 0.15) is 19.3 Å². The lowest BCUT2D eigenvalue weighted by atomic mass is 10.0. The van der Waals surface area contributed by atoms with Crippen molar-refractivity contribution in [1.82, 2.24) is 9.55 Å². The predicted molar refractivity (Wildman–Crippen MR) is 68.6 cm³/mol. The standard InChI is InChI=1S/C12H19N3O4/c1-4-10(5-2)12(16)19-7-6-14-9(3)13-8-11(14)15(17)18/h8,10H,4-7H2,1-3H3. The number of nitro groups is 1. The van der Waals surface area contributed by atoms with Crippen LogP contribution in [0.4, 0.5) is 5.82 Å². The first kappa shape index (κ1) is 15.1. The van der Waals surface area contributed by atoms with Crippen LogP contribution in [0.25, 0.3) is 0 Å². The van der Waals surface area contributed by atoms with Crippen molar-refractivity contribution in [1.29, 1.82) is 0 Å². The second-order valence-electron chi connectivity index (χ2n) is 4.25. The molecule has 7 nitrogen and oxygen atoms in total. The minimum Gasteiger partial charge on any atom is -0.461 e. The highest BCUT2D eigenvalue weighted by atomic mass is 16.6. The summed E-state index contributed by atoms with van der Waals surface area (Å²) >= 11 is 0. The molecule has 106 valence electrons. The lowest BCUT2D eigenvalue weighted by Crippen LogP contribution is -2.19. The first-order valence-corrected chi connectivity index (χ1v) is 6.34. The van der Waals surface area contributed by atoms with E-state index in [0.717, 1.165) is 12.8 Å². The average molecular weight is 269 g/mol. The Morgan fingerprint density at radius 2 is 2.16 bits per heavy atom. The SMILES string of the molecule is CCC(CC)C(=O)OCCn1c([N+](=O)[O-])cnc1C. The maximum atomic E-state index is 11.7. The van der Waals surface area contributed by atoms with E-state index in [9.17, 15) is 14.9 Å². The normalized spacial score (nSPS) is 10.7. The number of ether oxygens (including phenoxy) is 1. The topological polar surface area (TPSA) is 87.3 Å². The molecule has 0 spiro atoms. The molecule has 1 rings (SSSR count). The fourth-order valence-electron chi connectivity index (χ4n) is 1.86. The van der Waals surface area contributed by atoms with E-state index < -0.39 is 4.92 Å². The molecule has 0 aliphatic heterocycles. The number of carbonyl (C=O) groups is 1. The molecule has 0 N–H and O–H groups in total. The Hall–Kier alpha value is -1.92. The minimum atomic E-state index is -0.497. The highest BCUT2D eigenvalue weighted by molar-refractivity contribution is 5.72. The fraction of sp³-hybridized carbons (Fsp3) is 0.667. The monoisotopic (exact) mass is 269 g/mol. The third kappa shape index (κ3) is 3.77. The molecule has 1 aromatic heterocycles. The quantitative estimate of drug-likeness (QED) is 0.429. The predicted octanol–water partition coefficient (Wildman–Crippen LogP) is 2.08. The van der Waals surface area contributed by atoms with Crippen molar-refractivity contribution in [2.45, 2.75) is 40.2 Å². The third-order valence-corrected chi connectivity index (χ3v) is 3.10. The van der Waals surface area contributed by atoms with Gasteiger partial charge in [-0.2, -0.15) is 0 Å². The van der Waals surface area contributed by atoms with Crippen LogP contribution in [-0.4, -0.2) is 27.1 Å². The highest BCUT2D eigenvalue weighted by Gasteiger charge is 2.19. The fourth-order valence-corrected chi connectivity index (χ4v) is 1.86. The number of aryl methyl sites for hydroxylation is 1. The van der Waals surface area contributed by atoms with Gasteiger partial charge in [-0.25, -0.2) is 9.55 Å². The molecule has 7 heteroatoms. The summed E-state index contributed by atoms with van der Waals surface area (Å²) in [5, 5.41) is 10.8. The maximum Gasteiger partial charge on any atom is 0.342 e. The molecule has 0 amide bonds. The summed E-state index contributed by atoms with van der Waals surface area (Å²) in [6.45, 7) is 5.90. The van der Waals surface area contributed by atoms with Crippen molar-refractivity contribution in [2.24, 2.45) is 5.92 Å². The number of esters is 1. The van der Waals surface area contributed by atoms with Gasteiger partial charge in [0.15, 0.2) is 5.82 Å². The molecule has 0 saturated heterocycles. The van der Waals surface area contributed by atoms with Gasteiger partial charge >= 0.3 is 11.8 Å². The largest absolute Gasteiger partial charge is 0.461 e. The van der Waals surface area contributed by atoms with Gasteiger partial charge in [-0.15, -0.1) is 0 Å². The molecule has 0 aliphatic carbocycles. The summed E-state index contributed by atoms with van der Waals surface area (Å²) in [7, 11) is 0. The van der Waals surface area contributed by atoms with Gasteiger partial charge in [-0.3, -0.25) is 4.79 Å². The summed E-state index contributed by atoms with van der Waals surface area (Å²) in [6, 6.07) is 0. The van der Waals surface area contributed by atoms with Gasteiger partial charge in [0.25, 0.3) is 0 Å². The van der Waals surface area contributed by atoms with Crippen molar-refractivity contribution in [3.05, 3.63) is 22.1 Å². The van der Waals surface area contributed by atoms with E-state index >= 15 is 0 Å². The van der Waals surface area contributed by atoms with Gasteiger partial charge in [0.05, 0.1) is 5.92 Å². The van der Waals surface area contributed by atoms with Crippen molar-refractivity contribution >= 4 is 11.8 Å². The van der Waals surface area contributed by atoms with E-state index in [1.807, 2.05) is 13.8 Å². The van der Waals surface area contributed by atoms with Crippen LogP contribution in [0.3, 0.4) is 0 Å². The van der Waals surface area contributed by atoms with Crippen LogP contribution in [0.2, 0.25) is 0 Å². The van der Waals surface area contributed by atoms with Gasteiger partial charge < -0.3 is 14.9 Å². The smallest absolute Gasteiger partial charge is 0.342 e. The van der Waals surface area contributed by atoms with Crippen LogP contribution in [-0.2, 0) is 16.1 Å². The zero-order chi connectivity index (χ0) is 14.4. The number of carbonyl (C=O) groups excluding carboxylic acids is 1. The van der Waals surface area contributed by atoms with E-state index in [4.69, 9.17) is 4.74 Å². The molecule has 0 unspecified atom stereocenters. The summed E-state index contributed by atoms with van der Waals surface area (Å²) in [4.78, 5) is 25.8. The number of hydrogen-bond donors (Lipinski definition) is 0. The van der Waals surface area contributed by atoms with Crippen LogP contribution < -0.4 is 0 Å². The Morgan fingerprint density at radius 3 is 2.68 bits per heavy atom. The van der Waals surface area contributed by atoms with Gasteiger partial charge in [-0.1, -0.05) is 13.8 Å². The second kappa shape index (κ2) is 6.86. The number of rotatable bonds is 7. The van der Waals surface area contributed by atoms with E-state index in [1.165, 1.54) is 10.8 Å². The molecule has 19 heavy (non-hydrogen) atoms. The molecule has 0 saturated carbocycles. The van der Waals surface area contributed by atoms with Crippen molar-refractivity contribution < 1.29 is 14.5 Å². The molecule has 1 aromatic rings. The molecule has 1 heterocycles. The summed E-state index contributed by atoms with van der Waals surface area (Å²) < 4.78 is 6.57. The lowest BCUT2D eigenvalue weighted by molar-refractivity contribution is -0.392. The molecule has 0 atom stereocenters. The lowest BCUT2D eigenvalue weighted by Gasteiger charge is -2.11. The number of hydrogen-bond acceptors (Lipinski definition) is 5. The van der Waals surface area contributed by atoms with Crippen LogP contribution >= 0.6 is 0 Å². The van der Waals surface area contributed by atoms with E-state index in [1.54, 1.807) is 6.92 Å². The maximum absolute atomic E-state index is 11.7. The summed E-state index contributed by atoms with van der Waals surface area (Å²) in [5.74, 6) is 0.102. The van der Waals surface area contributed by atoms with Gasteiger partial charge in [-0.05, 0) is 17.8 Å². The van der Waals surface area contributed by atoms with Gasteiger partial charge in [0.2, 0.25) is 0 Å². The van der Waals surface area contributed by atoms with Crippen LogP contribution in [0.5, 0.6) is 0 Å². The van der Waals surface area contributed by atoms with Gasteiger partial charge in [0, 0.05) is 6.92 Å². The van der Waals surface area contributed by atoms with Crippen LogP contribution in [0, 0.1) is 23.0 Å². The average Bonchev–Trinajstić information content (AvgIpc) is 2.73. The molecule has 0 radical (unpaired) electrons. The van der Waals surface area contributed by atoms with E-state index in [0.29, 0.717) is 5.82 Å². The molecule has 0 aromatic carbocycles. The Kier molecular flexibility index (Phi) is 5.47. The summed E-state index contributed by atoms with van der Waals surface area (Å²) in [5.41, 5.74) is 0.